The van der Waals surface area contributed by atoms with Crippen molar-refractivity contribution in [1.29, 1.82) is 0 Å². The van der Waals surface area contributed by atoms with Crippen molar-refractivity contribution in [3.63, 3.8) is 0 Å². The van der Waals surface area contributed by atoms with E-state index in [-0.39, 0.29) is 10.8 Å². The molecule has 0 unspecified atom stereocenters. The number of rotatable bonds is 0. The van der Waals surface area contributed by atoms with Crippen LogP contribution in [0, 0.1) is 10.8 Å². The molecule has 0 aliphatic heterocycles. The van der Waals surface area contributed by atoms with E-state index in [4.69, 9.17) is 0 Å². The molecule has 16 heavy (non-hydrogen) atoms. The van der Waals surface area contributed by atoms with Crippen molar-refractivity contribution >= 4 is 0 Å². The maximum Gasteiger partial charge on any atom is 0.112 e. The SMILES string of the molecule is CC.CC1(C)C=C(O)C=CC(C(C)(C)C)=C1. The van der Waals surface area contributed by atoms with E-state index >= 15 is 0 Å². The molecule has 1 N–H and O–H groups in total. The summed E-state index contributed by atoms with van der Waals surface area (Å²) in [6, 6.07) is 0. The van der Waals surface area contributed by atoms with Crippen molar-refractivity contribution in [2.75, 3.05) is 0 Å². The van der Waals surface area contributed by atoms with Crippen LogP contribution in [0.1, 0.15) is 48.5 Å². The van der Waals surface area contributed by atoms with Crippen LogP contribution < -0.4 is 0 Å². The standard InChI is InChI=1S/C13H20O.C2H6/c1-12(2,3)10-6-7-11(14)9-13(4,5)8-10;1-2/h6-9,14H,1-5H3;1-2H3. The van der Waals surface area contributed by atoms with Gasteiger partial charge in [0.25, 0.3) is 0 Å². The van der Waals surface area contributed by atoms with Crippen LogP contribution in [0.4, 0.5) is 0 Å². The summed E-state index contributed by atoms with van der Waals surface area (Å²) in [6.07, 6.45) is 7.86. The molecule has 0 radical (unpaired) electrons. The van der Waals surface area contributed by atoms with Crippen molar-refractivity contribution < 1.29 is 5.11 Å². The van der Waals surface area contributed by atoms with E-state index in [0.717, 1.165) is 0 Å². The quantitative estimate of drug-likeness (QED) is 0.610. The minimum Gasteiger partial charge on any atom is -0.508 e. The summed E-state index contributed by atoms with van der Waals surface area (Å²) < 4.78 is 0. The lowest BCUT2D eigenvalue weighted by molar-refractivity contribution is 0.418. The van der Waals surface area contributed by atoms with Gasteiger partial charge in [-0.1, -0.05) is 60.6 Å². The topological polar surface area (TPSA) is 20.2 Å². The van der Waals surface area contributed by atoms with Crippen molar-refractivity contribution in [3.05, 3.63) is 35.6 Å². The molecule has 0 atom stereocenters. The van der Waals surface area contributed by atoms with E-state index in [9.17, 15) is 5.11 Å². The molecule has 0 heterocycles. The van der Waals surface area contributed by atoms with Gasteiger partial charge in [-0.2, -0.15) is 0 Å². The molecular weight excluding hydrogens is 196 g/mol. The summed E-state index contributed by atoms with van der Waals surface area (Å²) in [5.74, 6) is 0.352. The van der Waals surface area contributed by atoms with E-state index in [1.54, 1.807) is 6.08 Å². The molecule has 0 bridgehead atoms. The lowest BCUT2D eigenvalue weighted by Gasteiger charge is -2.24. The van der Waals surface area contributed by atoms with Gasteiger partial charge in [0.15, 0.2) is 0 Å². The fourth-order valence-corrected chi connectivity index (χ4v) is 1.56. The molecule has 0 aromatic rings. The van der Waals surface area contributed by atoms with Crippen LogP contribution in [0.2, 0.25) is 0 Å². The molecule has 1 rings (SSSR count). The molecule has 1 heteroatoms. The number of hydrogen-bond acceptors (Lipinski definition) is 1. The minimum atomic E-state index is -0.0732. The van der Waals surface area contributed by atoms with E-state index in [1.807, 2.05) is 26.0 Å². The Kier molecular flexibility index (Phi) is 5.05. The third-order valence-corrected chi connectivity index (χ3v) is 2.35. The van der Waals surface area contributed by atoms with Crippen LogP contribution in [0.3, 0.4) is 0 Å². The minimum absolute atomic E-state index is 0.0732. The Morgan fingerprint density at radius 2 is 1.50 bits per heavy atom. The monoisotopic (exact) mass is 222 g/mol. The zero-order chi connectivity index (χ0) is 13.0. The largest absolute Gasteiger partial charge is 0.508 e. The molecule has 0 saturated heterocycles. The number of aliphatic hydroxyl groups is 1. The Labute approximate surface area is 101 Å². The molecule has 0 amide bonds. The lowest BCUT2D eigenvalue weighted by atomic mass is 9.81. The highest BCUT2D eigenvalue weighted by Crippen LogP contribution is 2.34. The van der Waals surface area contributed by atoms with Gasteiger partial charge in [-0.05, 0) is 23.1 Å². The summed E-state index contributed by atoms with van der Waals surface area (Å²) in [7, 11) is 0. The average Bonchev–Trinajstić information content (AvgIpc) is 2.25. The molecule has 0 fully saturated rings. The van der Waals surface area contributed by atoms with Gasteiger partial charge in [-0.25, -0.2) is 0 Å². The molecule has 1 nitrogen and oxygen atoms in total. The zero-order valence-electron chi connectivity index (χ0n) is 11.8. The molecule has 0 spiro atoms. The first-order valence-corrected chi connectivity index (χ1v) is 6.04. The van der Waals surface area contributed by atoms with Crippen LogP contribution in [-0.2, 0) is 0 Å². The third kappa shape index (κ3) is 4.69. The van der Waals surface area contributed by atoms with Crippen molar-refractivity contribution in [2.24, 2.45) is 10.8 Å². The normalized spacial score (nSPS) is 18.9. The van der Waals surface area contributed by atoms with E-state index in [1.165, 1.54) is 5.57 Å². The van der Waals surface area contributed by atoms with Gasteiger partial charge >= 0.3 is 0 Å². The van der Waals surface area contributed by atoms with Crippen LogP contribution in [0.25, 0.3) is 0 Å². The average molecular weight is 222 g/mol. The maximum absolute atomic E-state index is 9.55. The highest BCUT2D eigenvalue weighted by Gasteiger charge is 2.21. The van der Waals surface area contributed by atoms with Gasteiger partial charge in [-0.15, -0.1) is 0 Å². The molecule has 0 saturated carbocycles. The van der Waals surface area contributed by atoms with Gasteiger partial charge < -0.3 is 5.11 Å². The number of aliphatic hydroxyl groups excluding tert-OH is 1. The zero-order valence-corrected chi connectivity index (χ0v) is 11.8. The first kappa shape index (κ1) is 15.0. The molecule has 0 aromatic heterocycles. The summed E-state index contributed by atoms with van der Waals surface area (Å²) in [5.41, 5.74) is 1.32. The Morgan fingerprint density at radius 3 is 1.94 bits per heavy atom. The highest BCUT2D eigenvalue weighted by atomic mass is 16.3. The van der Waals surface area contributed by atoms with Crippen LogP contribution in [0.15, 0.2) is 35.6 Å². The third-order valence-electron chi connectivity index (χ3n) is 2.35. The number of allylic oxidation sites excluding steroid dienone is 5. The van der Waals surface area contributed by atoms with E-state index in [0.29, 0.717) is 5.76 Å². The van der Waals surface area contributed by atoms with Crippen LogP contribution in [-0.4, -0.2) is 5.11 Å². The van der Waals surface area contributed by atoms with Crippen LogP contribution >= 0.6 is 0 Å². The Balaban J connectivity index is 0.00000106. The molecule has 92 valence electrons. The summed E-state index contributed by atoms with van der Waals surface area (Å²) in [5, 5.41) is 9.55. The van der Waals surface area contributed by atoms with Gasteiger partial charge in [0, 0.05) is 5.41 Å². The van der Waals surface area contributed by atoms with Crippen molar-refractivity contribution in [1.82, 2.24) is 0 Å². The predicted molar refractivity (Wildman–Crippen MR) is 72.5 cm³/mol. The summed E-state index contributed by atoms with van der Waals surface area (Å²) >= 11 is 0. The van der Waals surface area contributed by atoms with Crippen LogP contribution in [0.5, 0.6) is 0 Å². The summed E-state index contributed by atoms with van der Waals surface area (Å²) in [6.45, 7) is 14.7. The van der Waals surface area contributed by atoms with Gasteiger partial charge in [0.1, 0.15) is 5.76 Å². The van der Waals surface area contributed by atoms with E-state index in [2.05, 4.69) is 40.7 Å². The molecule has 1 aliphatic carbocycles. The maximum atomic E-state index is 9.55. The number of hydrogen-bond donors (Lipinski definition) is 1. The van der Waals surface area contributed by atoms with Gasteiger partial charge in [0.2, 0.25) is 0 Å². The van der Waals surface area contributed by atoms with Gasteiger partial charge in [0.05, 0.1) is 0 Å². The first-order valence-electron chi connectivity index (χ1n) is 6.04. The summed E-state index contributed by atoms with van der Waals surface area (Å²) in [4.78, 5) is 0. The van der Waals surface area contributed by atoms with E-state index < -0.39 is 0 Å². The second-order valence-corrected chi connectivity index (χ2v) is 5.57. The Morgan fingerprint density at radius 1 is 1.00 bits per heavy atom. The van der Waals surface area contributed by atoms with Crippen molar-refractivity contribution in [2.45, 2.75) is 48.5 Å². The molecule has 1 aliphatic rings. The molecule has 0 aromatic carbocycles. The second kappa shape index (κ2) is 5.38. The smallest absolute Gasteiger partial charge is 0.112 e. The fourth-order valence-electron chi connectivity index (χ4n) is 1.56. The van der Waals surface area contributed by atoms with Crippen molar-refractivity contribution in [3.8, 4) is 0 Å². The Bertz CT molecular complexity index is 309. The Hall–Kier alpha value is -0.980. The fraction of sp³-hybridized carbons (Fsp3) is 0.600. The van der Waals surface area contributed by atoms with Gasteiger partial charge in [-0.3, -0.25) is 0 Å². The second-order valence-electron chi connectivity index (χ2n) is 5.57. The predicted octanol–water partition coefficient (Wildman–Crippen LogP) is 5.02. The molecular formula is C15H26O. The lowest BCUT2D eigenvalue weighted by Crippen LogP contribution is -2.12. The first-order chi connectivity index (χ1) is 7.21. The highest BCUT2D eigenvalue weighted by molar-refractivity contribution is 5.36.